The Labute approximate surface area is 260 Å². The number of aromatic hydroxyl groups is 1. The molecule has 1 saturated carbocycles. The van der Waals surface area contributed by atoms with Crippen molar-refractivity contribution in [2.45, 2.75) is 51.4 Å². The number of carbonyl (C=O) groups is 2. The molecule has 0 spiro atoms. The van der Waals surface area contributed by atoms with Crippen molar-refractivity contribution in [3.8, 4) is 5.75 Å². The monoisotopic (exact) mass is 596 g/mol. The predicted octanol–water partition coefficient (Wildman–Crippen LogP) is 4.94. The molecular weight excluding hydrogens is 552 g/mol. The second-order valence-corrected chi connectivity index (χ2v) is 13.0. The summed E-state index contributed by atoms with van der Waals surface area (Å²) < 4.78 is 0. The molecule has 3 atom stereocenters. The first-order valence-electron chi connectivity index (χ1n) is 16.0. The van der Waals surface area contributed by atoms with Gasteiger partial charge in [0.05, 0.1) is 11.6 Å². The van der Waals surface area contributed by atoms with Crippen LogP contribution in [0.2, 0.25) is 0 Å². The number of rotatable bonds is 9. The summed E-state index contributed by atoms with van der Waals surface area (Å²) in [4.78, 5) is 34.4. The van der Waals surface area contributed by atoms with Crippen molar-refractivity contribution in [2.24, 2.45) is 5.92 Å². The van der Waals surface area contributed by atoms with E-state index in [0.29, 0.717) is 30.7 Å². The van der Waals surface area contributed by atoms with Gasteiger partial charge in [-0.25, -0.2) is 4.79 Å². The van der Waals surface area contributed by atoms with Gasteiger partial charge in [-0.1, -0.05) is 36.4 Å². The van der Waals surface area contributed by atoms with Gasteiger partial charge in [-0.15, -0.1) is 0 Å². The van der Waals surface area contributed by atoms with E-state index in [4.69, 9.17) is 5.11 Å². The van der Waals surface area contributed by atoms with Crippen molar-refractivity contribution < 1.29 is 19.8 Å². The molecule has 3 aromatic rings. The molecule has 1 unspecified atom stereocenters. The van der Waals surface area contributed by atoms with E-state index >= 15 is 0 Å². The van der Waals surface area contributed by atoms with E-state index in [0.717, 1.165) is 55.3 Å². The van der Waals surface area contributed by atoms with Gasteiger partial charge in [0, 0.05) is 70.0 Å². The van der Waals surface area contributed by atoms with Gasteiger partial charge in [0.25, 0.3) is 5.91 Å². The minimum Gasteiger partial charge on any atom is -0.508 e. The Bertz CT molecular complexity index is 1460. The Morgan fingerprint density at radius 2 is 1.50 bits per heavy atom. The summed E-state index contributed by atoms with van der Waals surface area (Å²) in [6, 6.07) is 23.4. The Morgan fingerprint density at radius 3 is 2.16 bits per heavy atom. The van der Waals surface area contributed by atoms with Crippen molar-refractivity contribution in [2.75, 3.05) is 45.8 Å². The molecule has 2 N–H and O–H groups in total. The van der Waals surface area contributed by atoms with Crippen molar-refractivity contribution in [1.29, 1.82) is 0 Å². The fourth-order valence-electron chi connectivity index (χ4n) is 6.89. The van der Waals surface area contributed by atoms with Crippen molar-refractivity contribution in [3.63, 3.8) is 0 Å². The van der Waals surface area contributed by atoms with Crippen LogP contribution < -0.4 is 0 Å². The number of benzene rings is 3. The van der Waals surface area contributed by atoms with Crippen LogP contribution in [-0.2, 0) is 6.54 Å². The minimum atomic E-state index is -0.920. The molecule has 2 aliphatic heterocycles. The lowest BCUT2D eigenvalue weighted by atomic mass is 9.92. The van der Waals surface area contributed by atoms with Crippen molar-refractivity contribution in [3.05, 3.63) is 101 Å². The number of carbonyl (C=O) groups excluding carboxylic acids is 1. The summed E-state index contributed by atoms with van der Waals surface area (Å²) in [6.07, 6.45) is 2.71. The number of phenols is 1. The van der Waals surface area contributed by atoms with Gasteiger partial charge in [-0.3, -0.25) is 19.5 Å². The van der Waals surface area contributed by atoms with E-state index in [1.54, 1.807) is 18.2 Å². The van der Waals surface area contributed by atoms with E-state index in [9.17, 15) is 14.7 Å². The maximum Gasteiger partial charge on any atom is 0.335 e. The highest BCUT2D eigenvalue weighted by Gasteiger charge is 2.37. The first-order chi connectivity index (χ1) is 21.2. The van der Waals surface area contributed by atoms with Crippen LogP contribution in [-0.4, -0.2) is 99.6 Å². The number of hydrogen-bond acceptors (Lipinski definition) is 6. The Kier molecular flexibility index (Phi) is 9.03. The Morgan fingerprint density at radius 1 is 0.818 bits per heavy atom. The highest BCUT2D eigenvalue weighted by molar-refractivity contribution is 5.94. The van der Waals surface area contributed by atoms with Crippen LogP contribution in [0.5, 0.6) is 5.75 Å². The number of hydrogen-bond donors (Lipinski definition) is 2. The molecule has 2 heterocycles. The zero-order valence-electron chi connectivity index (χ0n) is 25.8. The molecule has 1 aliphatic carbocycles. The van der Waals surface area contributed by atoms with Gasteiger partial charge in [0.1, 0.15) is 5.75 Å². The van der Waals surface area contributed by atoms with Crippen LogP contribution >= 0.6 is 0 Å². The fraction of sp³-hybridized carbons (Fsp3) is 0.444. The predicted molar refractivity (Wildman–Crippen MR) is 171 cm³/mol. The smallest absolute Gasteiger partial charge is 0.335 e. The zero-order valence-corrected chi connectivity index (χ0v) is 25.8. The highest BCUT2D eigenvalue weighted by Crippen LogP contribution is 2.37. The molecule has 3 fully saturated rings. The summed E-state index contributed by atoms with van der Waals surface area (Å²) >= 11 is 0. The largest absolute Gasteiger partial charge is 0.508 e. The lowest BCUT2D eigenvalue weighted by Crippen LogP contribution is -2.57. The third-order valence-corrected chi connectivity index (χ3v) is 9.59. The van der Waals surface area contributed by atoms with Crippen LogP contribution in [0.15, 0.2) is 72.8 Å². The molecule has 3 aliphatic rings. The molecule has 3 aromatic carbocycles. The standard InChI is InChI=1S/C36H44N4O4/c1-25-22-40(26(2)21-39(25)24-28-9-10-28)34(31-6-4-8-33(41)20-31)30-5-3-7-32(19-30)35(42)38-17-15-37(16-18-38)23-27-11-13-29(14-12-27)36(43)44/h3-8,11-14,19-20,25-26,28,34,41H,9-10,15-18,21-24H2,1-2H3,(H,43,44)/t25-,26+,34?/m1/s1. The third-order valence-electron chi connectivity index (χ3n) is 9.59. The number of aromatic carboxylic acids is 1. The minimum absolute atomic E-state index is 0.0441. The zero-order chi connectivity index (χ0) is 30.8. The van der Waals surface area contributed by atoms with E-state index in [2.05, 4.69) is 46.7 Å². The molecule has 6 rings (SSSR count). The van der Waals surface area contributed by atoms with E-state index in [1.165, 1.54) is 19.4 Å². The van der Waals surface area contributed by atoms with Crippen LogP contribution in [0.3, 0.4) is 0 Å². The number of nitrogens with zero attached hydrogens (tertiary/aromatic N) is 4. The Hall–Kier alpha value is -3.72. The molecule has 232 valence electrons. The van der Waals surface area contributed by atoms with Gasteiger partial charge in [-0.05, 0) is 85.7 Å². The van der Waals surface area contributed by atoms with Crippen LogP contribution in [0.25, 0.3) is 0 Å². The van der Waals surface area contributed by atoms with Gasteiger partial charge >= 0.3 is 5.97 Å². The number of carboxylic acids is 1. The third kappa shape index (κ3) is 6.98. The first kappa shape index (κ1) is 30.3. The molecule has 0 radical (unpaired) electrons. The summed E-state index contributed by atoms with van der Waals surface area (Å²) in [5.41, 5.74) is 4.15. The summed E-state index contributed by atoms with van der Waals surface area (Å²) in [5.74, 6) is 0.232. The average Bonchev–Trinajstić information content (AvgIpc) is 3.84. The van der Waals surface area contributed by atoms with Gasteiger partial charge in [0.15, 0.2) is 0 Å². The summed E-state index contributed by atoms with van der Waals surface area (Å²) in [7, 11) is 0. The molecule has 0 bridgehead atoms. The quantitative estimate of drug-likeness (QED) is 0.362. The Balaban J connectivity index is 1.16. The molecule has 1 amide bonds. The molecule has 8 nitrogen and oxygen atoms in total. The molecule has 44 heavy (non-hydrogen) atoms. The second kappa shape index (κ2) is 13.1. The topological polar surface area (TPSA) is 87.6 Å². The van der Waals surface area contributed by atoms with Gasteiger partial charge in [-0.2, -0.15) is 0 Å². The van der Waals surface area contributed by atoms with Crippen LogP contribution in [0, 0.1) is 5.92 Å². The maximum absolute atomic E-state index is 13.8. The second-order valence-electron chi connectivity index (χ2n) is 13.0. The van der Waals surface area contributed by atoms with Crippen LogP contribution in [0.1, 0.15) is 70.1 Å². The molecule has 8 heteroatoms. The SMILES string of the molecule is C[C@@H]1CN(C(c2cccc(O)c2)c2cccc(C(=O)N3CCN(Cc4ccc(C(=O)O)cc4)CC3)c2)[C@@H](C)CN1CC1CC1. The number of amides is 1. The number of piperazine rings is 2. The summed E-state index contributed by atoms with van der Waals surface area (Å²) in [6.45, 7) is 11.3. The number of phenolic OH excluding ortho intramolecular Hbond substituents is 1. The van der Waals surface area contributed by atoms with Crippen molar-refractivity contribution >= 4 is 11.9 Å². The van der Waals surface area contributed by atoms with Crippen molar-refractivity contribution in [1.82, 2.24) is 19.6 Å². The molecular formula is C36H44N4O4. The lowest BCUT2D eigenvalue weighted by molar-refractivity contribution is 0.0215. The summed E-state index contributed by atoms with van der Waals surface area (Å²) in [5, 5.41) is 19.6. The van der Waals surface area contributed by atoms with E-state index in [1.807, 2.05) is 41.3 Å². The molecule has 0 aromatic heterocycles. The van der Waals surface area contributed by atoms with E-state index in [-0.39, 0.29) is 23.3 Å². The van der Waals surface area contributed by atoms with Crippen LogP contribution in [0.4, 0.5) is 0 Å². The first-order valence-corrected chi connectivity index (χ1v) is 16.0. The average molecular weight is 597 g/mol. The van der Waals surface area contributed by atoms with E-state index < -0.39 is 5.97 Å². The fourth-order valence-corrected chi connectivity index (χ4v) is 6.89. The maximum atomic E-state index is 13.8. The van der Waals surface area contributed by atoms with Gasteiger partial charge < -0.3 is 15.1 Å². The normalized spacial score (nSPS) is 22.5. The number of carboxylic acid groups (broad SMARTS) is 1. The highest BCUT2D eigenvalue weighted by atomic mass is 16.4. The molecule has 2 saturated heterocycles. The van der Waals surface area contributed by atoms with Gasteiger partial charge in [0.2, 0.25) is 0 Å². The lowest BCUT2D eigenvalue weighted by Gasteiger charge is -2.48.